The fraction of sp³-hybridized carbons (Fsp3) is 0.769. The number of hydrogen-bond acceptors (Lipinski definition) is 4. The Morgan fingerprint density at radius 2 is 0.850 bits per heavy atom. The molecule has 0 fully saturated rings. The van der Waals surface area contributed by atoms with Gasteiger partial charge in [0, 0.05) is 7.05 Å². The third kappa shape index (κ3) is 4.83. The molecule has 0 unspecified atom stereocenters. The molecule has 0 amide bonds. The predicted octanol–water partition coefficient (Wildman–Crippen LogP) is 4.71. The van der Waals surface area contributed by atoms with Gasteiger partial charge >= 0.3 is 63.2 Å². The fourth-order valence-corrected chi connectivity index (χ4v) is 3.16. The highest BCUT2D eigenvalue weighted by Crippen LogP contribution is 2.64. The van der Waals surface area contributed by atoms with Gasteiger partial charge in [-0.25, -0.2) is 4.31 Å². The van der Waals surface area contributed by atoms with Crippen molar-refractivity contribution < 1.29 is 111 Å². The van der Waals surface area contributed by atoms with Gasteiger partial charge in [-0.3, -0.25) is 0 Å². The summed E-state index contributed by atoms with van der Waals surface area (Å²) in [6.45, 7) is 0. The van der Waals surface area contributed by atoms with Crippen LogP contribution in [0.2, 0.25) is 0 Å². The lowest BCUT2D eigenvalue weighted by Gasteiger charge is -2.42. The molecule has 0 aromatic carbocycles. The van der Waals surface area contributed by atoms with Crippen molar-refractivity contribution >= 4 is 16.0 Å². The van der Waals surface area contributed by atoms with E-state index in [0.29, 0.717) is 0 Å². The molecule has 0 rings (SSSR count). The molecule has 5 nitrogen and oxygen atoms in total. The third-order valence-electron chi connectivity index (χ3n) is 4.35. The molecule has 0 saturated carbocycles. The first-order valence-electron chi connectivity index (χ1n) is 8.27. The summed E-state index contributed by atoms with van der Waals surface area (Å²) in [5, 5.41) is 1.89. The minimum absolute atomic E-state index is 1.15. The van der Waals surface area contributed by atoms with Gasteiger partial charge in [-0.2, -0.15) is 101 Å². The number of sulfonamides is 1. The van der Waals surface area contributed by atoms with Crippen LogP contribution in [0.3, 0.4) is 0 Å². The van der Waals surface area contributed by atoms with Crippen LogP contribution in [0.4, 0.5) is 92.2 Å². The van der Waals surface area contributed by atoms with Crippen molar-refractivity contribution in [2.75, 3.05) is 7.05 Å². The Balaban J connectivity index is 7.33. The van der Waals surface area contributed by atoms with Crippen LogP contribution in [0.5, 0.6) is 0 Å². The zero-order valence-electron chi connectivity index (χ0n) is 17.4. The number of carbonyl (C=O) groups excluding carboxylic acids is 1. The first kappa shape index (κ1) is 37.5. The second-order valence-electron chi connectivity index (χ2n) is 6.88. The molecule has 0 aromatic rings. The van der Waals surface area contributed by atoms with E-state index in [0.717, 1.165) is 0 Å². The Morgan fingerprint density at radius 3 is 1.10 bits per heavy atom. The van der Waals surface area contributed by atoms with E-state index in [1.165, 1.54) is 0 Å². The third-order valence-corrected chi connectivity index (χ3v) is 6.13. The lowest BCUT2D eigenvalue weighted by Crippen LogP contribution is -2.75. The first-order chi connectivity index (χ1) is 16.9. The Kier molecular flexibility index (Phi) is 8.92. The smallest absolute Gasteiger partial charge is 0.460 e. The summed E-state index contributed by atoms with van der Waals surface area (Å²) in [7, 11) is -9.70. The fourth-order valence-electron chi connectivity index (χ4n) is 2.06. The number of carboxylic acids is 1. The Morgan fingerprint density at radius 1 is 0.575 bits per heavy atom. The zero-order chi connectivity index (χ0) is 33.3. The zero-order valence-corrected chi connectivity index (χ0v) is 18.2. The highest BCUT2D eigenvalue weighted by atomic mass is 32.2. The van der Waals surface area contributed by atoms with E-state index in [1.54, 1.807) is 0 Å². The van der Waals surface area contributed by atoms with Crippen molar-refractivity contribution in [3.05, 3.63) is 11.5 Å². The molecular formula is C13H3F21NO4S-. The molecule has 0 atom stereocenters. The molecule has 0 aliphatic carbocycles. The normalized spacial score (nSPS) is 16.6. The van der Waals surface area contributed by atoms with Crippen LogP contribution in [0.25, 0.3) is 0 Å². The Labute approximate surface area is 203 Å². The van der Waals surface area contributed by atoms with Crippen LogP contribution in [-0.4, -0.2) is 78.9 Å². The van der Waals surface area contributed by atoms with E-state index in [9.17, 15) is 111 Å². The minimum Gasteiger partial charge on any atom is -0.545 e. The molecule has 0 heterocycles. The van der Waals surface area contributed by atoms with E-state index in [-0.39, 0.29) is 0 Å². The van der Waals surface area contributed by atoms with Gasteiger partial charge in [-0.1, -0.05) is 0 Å². The SMILES string of the molecule is CN(C(F)=C(C(=O)[O-])C(F)(F)F)S(=O)(=O)C(F)(F)C(F)(F)C(F)(F)C(F)(F)C(F)(F)C(F)(F)C(F)(F)C(F)(F)F. The largest absolute Gasteiger partial charge is 0.545 e. The Hall–Kier alpha value is -2.51. The van der Waals surface area contributed by atoms with Crippen LogP contribution in [-0.2, 0) is 14.8 Å². The quantitative estimate of drug-likeness (QED) is 0.192. The standard InChI is InChI=1S/C13H4F21NO4S/c1-35(3(14)2(4(36)37)5(15,16)17)40(38,39)13(33,34)11(28,29)9(24,25)7(20,21)6(18,19)8(22,23)10(26,27)12(30,31)32/h1H3,(H,36,37)/p-1. The summed E-state index contributed by atoms with van der Waals surface area (Å²) < 4.78 is 296. The number of nitrogens with zero attached hydrogens (tertiary/aromatic N) is 1. The van der Waals surface area contributed by atoms with E-state index in [1.807, 2.05) is 0 Å². The summed E-state index contributed by atoms with van der Waals surface area (Å²) >= 11 is 0. The van der Waals surface area contributed by atoms with E-state index in [2.05, 4.69) is 0 Å². The molecule has 0 saturated heterocycles. The monoisotopic (exact) mass is 668 g/mol. The average molecular weight is 668 g/mol. The molecular weight excluding hydrogens is 665 g/mol. The highest BCUT2D eigenvalue weighted by Gasteiger charge is 2.96. The van der Waals surface area contributed by atoms with Crippen molar-refractivity contribution in [3.8, 4) is 0 Å². The second kappa shape index (κ2) is 9.52. The molecule has 0 spiro atoms. The van der Waals surface area contributed by atoms with E-state index >= 15 is 0 Å². The molecule has 238 valence electrons. The van der Waals surface area contributed by atoms with Gasteiger partial charge in [0.15, 0.2) is 0 Å². The van der Waals surface area contributed by atoms with Crippen molar-refractivity contribution in [1.29, 1.82) is 0 Å². The topological polar surface area (TPSA) is 77.5 Å². The molecule has 0 bridgehead atoms. The number of hydrogen-bond donors (Lipinski definition) is 0. The molecule has 40 heavy (non-hydrogen) atoms. The summed E-state index contributed by atoms with van der Waals surface area (Å²) in [6, 6.07) is 0. The molecule has 0 aliphatic rings. The maximum Gasteiger partial charge on any atom is 0.460 e. The van der Waals surface area contributed by atoms with Gasteiger partial charge < -0.3 is 9.90 Å². The lowest BCUT2D eigenvalue weighted by molar-refractivity contribution is -0.458. The van der Waals surface area contributed by atoms with Crippen molar-refractivity contribution in [2.24, 2.45) is 0 Å². The summed E-state index contributed by atoms with van der Waals surface area (Å²) in [5.74, 6) is -62.1. The lowest BCUT2D eigenvalue weighted by atomic mass is 9.91. The molecule has 0 aliphatic heterocycles. The number of halogens is 21. The van der Waals surface area contributed by atoms with Gasteiger partial charge in [0.2, 0.25) is 5.95 Å². The number of carbonyl (C=O) groups is 1. The van der Waals surface area contributed by atoms with Gasteiger partial charge in [0.25, 0.3) is 0 Å². The van der Waals surface area contributed by atoms with E-state index in [4.69, 9.17) is 0 Å². The van der Waals surface area contributed by atoms with Crippen LogP contribution in [0, 0.1) is 0 Å². The summed E-state index contributed by atoms with van der Waals surface area (Å²) in [5.41, 5.74) is -4.00. The number of aliphatic carboxylic acids is 1. The molecule has 0 aromatic heterocycles. The van der Waals surface area contributed by atoms with Crippen LogP contribution in [0.1, 0.15) is 0 Å². The van der Waals surface area contributed by atoms with Gasteiger partial charge in [0.1, 0.15) is 5.57 Å². The predicted molar refractivity (Wildman–Crippen MR) is 76.6 cm³/mol. The summed E-state index contributed by atoms with van der Waals surface area (Å²) in [6.07, 6.45) is -14.8. The minimum atomic E-state index is -9.24. The van der Waals surface area contributed by atoms with Crippen molar-refractivity contribution in [3.63, 3.8) is 0 Å². The number of carboxylic acid groups (broad SMARTS) is 1. The van der Waals surface area contributed by atoms with Crippen LogP contribution in [0.15, 0.2) is 11.5 Å². The highest BCUT2D eigenvalue weighted by molar-refractivity contribution is 7.90. The maximum atomic E-state index is 13.9. The van der Waals surface area contributed by atoms with Crippen LogP contribution < -0.4 is 5.11 Å². The average Bonchev–Trinajstić information content (AvgIpc) is 2.69. The summed E-state index contributed by atoms with van der Waals surface area (Å²) in [4.78, 5) is 10.3. The Bertz CT molecular complexity index is 1130. The van der Waals surface area contributed by atoms with Gasteiger partial charge in [0.05, 0.1) is 5.97 Å². The molecule has 0 radical (unpaired) electrons. The number of rotatable bonds is 10. The molecule has 27 heteroatoms. The maximum absolute atomic E-state index is 13.9. The van der Waals surface area contributed by atoms with Crippen LogP contribution >= 0.6 is 0 Å². The number of alkyl halides is 20. The van der Waals surface area contributed by atoms with Gasteiger partial charge in [-0.05, 0) is 0 Å². The van der Waals surface area contributed by atoms with Gasteiger partial charge in [-0.15, -0.1) is 0 Å². The van der Waals surface area contributed by atoms with Crippen molar-refractivity contribution in [1.82, 2.24) is 4.31 Å². The van der Waals surface area contributed by atoms with Crippen molar-refractivity contribution in [2.45, 2.75) is 53.1 Å². The second-order valence-corrected chi connectivity index (χ2v) is 8.90. The first-order valence-corrected chi connectivity index (χ1v) is 9.71. The van der Waals surface area contributed by atoms with E-state index < -0.39 is 92.0 Å². The molecule has 0 N–H and O–H groups in total.